The molecule has 0 unspecified atom stereocenters. The molecule has 10 nitrogen and oxygen atoms in total. The fourth-order valence-electron chi connectivity index (χ4n) is 7.03. The molecule has 0 aromatic heterocycles. The van der Waals surface area contributed by atoms with Crippen LogP contribution < -0.4 is 10.6 Å². The predicted molar refractivity (Wildman–Crippen MR) is 193 cm³/mol. The van der Waals surface area contributed by atoms with Crippen LogP contribution in [0.5, 0.6) is 5.75 Å². The highest BCUT2D eigenvalue weighted by Gasteiger charge is 2.40. The standard InChI is InChI=1S/C39H62N4O6/c1-2-3-4-5-6-7-8-9-10-11-12-13-14-15-16-17-26-42-27-18-21-35(42)38(47)43-28-19-20-34(43)37(46)40-30-36(45)41-33(39(48)49)29-31-22-24-32(44)25-23-31/h9-10,22-25,33-35,44H,2-8,11-21,26-30H2,1H3,(H,40,46)(H,41,45)(H,48,49)/b10-9-/t33-,34-,35-/m0/s1. The third kappa shape index (κ3) is 14.9. The number of carboxylic acid groups (broad SMARTS) is 1. The van der Waals surface area contributed by atoms with Crippen molar-refractivity contribution in [3.05, 3.63) is 42.0 Å². The molecule has 0 aliphatic carbocycles. The van der Waals surface area contributed by atoms with Gasteiger partial charge in [-0.15, -0.1) is 0 Å². The predicted octanol–water partition coefficient (Wildman–Crippen LogP) is 6.11. The molecular formula is C39H62N4O6. The minimum atomic E-state index is -1.20. The van der Waals surface area contributed by atoms with Gasteiger partial charge < -0.3 is 25.7 Å². The summed E-state index contributed by atoms with van der Waals surface area (Å²) in [7, 11) is 0. The number of carboxylic acids is 1. The lowest BCUT2D eigenvalue weighted by Crippen LogP contribution is -2.53. The van der Waals surface area contributed by atoms with Crippen LogP contribution in [0.1, 0.15) is 128 Å². The summed E-state index contributed by atoms with van der Waals surface area (Å²) in [5, 5.41) is 24.1. The van der Waals surface area contributed by atoms with Gasteiger partial charge >= 0.3 is 5.97 Å². The van der Waals surface area contributed by atoms with E-state index in [1.165, 1.54) is 95.6 Å². The molecule has 1 aromatic rings. The number of rotatable bonds is 24. The number of phenols is 1. The van der Waals surface area contributed by atoms with Crippen LogP contribution in [0.4, 0.5) is 0 Å². The second-order valence-electron chi connectivity index (χ2n) is 13.9. The van der Waals surface area contributed by atoms with Crippen LogP contribution >= 0.6 is 0 Å². The maximum Gasteiger partial charge on any atom is 0.326 e. The van der Waals surface area contributed by atoms with Crippen molar-refractivity contribution in [1.82, 2.24) is 20.4 Å². The normalized spacial score (nSPS) is 18.6. The van der Waals surface area contributed by atoms with Crippen molar-refractivity contribution in [2.75, 3.05) is 26.2 Å². The van der Waals surface area contributed by atoms with E-state index in [2.05, 4.69) is 34.6 Å². The van der Waals surface area contributed by atoms with Crippen LogP contribution in [-0.4, -0.2) is 88.0 Å². The fourth-order valence-corrected chi connectivity index (χ4v) is 7.03. The van der Waals surface area contributed by atoms with Crippen LogP contribution in [0, 0.1) is 0 Å². The third-order valence-corrected chi connectivity index (χ3v) is 9.88. The Bertz CT molecular complexity index is 1170. The molecule has 2 heterocycles. The van der Waals surface area contributed by atoms with Crippen molar-refractivity contribution in [2.24, 2.45) is 0 Å². The zero-order valence-corrected chi connectivity index (χ0v) is 29.9. The number of benzene rings is 1. The fraction of sp³-hybridized carbons (Fsp3) is 0.692. The molecule has 0 spiro atoms. The van der Waals surface area contributed by atoms with E-state index in [-0.39, 0.29) is 36.6 Å². The van der Waals surface area contributed by atoms with E-state index in [0.717, 1.165) is 38.8 Å². The topological polar surface area (TPSA) is 139 Å². The van der Waals surface area contributed by atoms with Crippen molar-refractivity contribution in [1.29, 1.82) is 0 Å². The van der Waals surface area contributed by atoms with Gasteiger partial charge in [0.1, 0.15) is 17.8 Å². The molecule has 2 fully saturated rings. The van der Waals surface area contributed by atoms with Gasteiger partial charge in [0, 0.05) is 13.0 Å². The first kappa shape index (κ1) is 40.0. The number of carbonyl (C=O) groups is 4. The SMILES string of the molecule is CCCCCCCC/C=C\CCCCCCCCN1CCC[C@H]1C(=O)N1CCC[C@H]1C(=O)NCC(=O)N[C@@H](Cc1ccc(O)cc1)C(=O)O. The maximum absolute atomic E-state index is 13.6. The molecule has 2 aliphatic rings. The molecule has 2 aliphatic heterocycles. The molecule has 49 heavy (non-hydrogen) atoms. The highest BCUT2D eigenvalue weighted by atomic mass is 16.4. The van der Waals surface area contributed by atoms with Crippen molar-refractivity contribution < 1.29 is 29.4 Å². The minimum Gasteiger partial charge on any atom is -0.508 e. The first-order valence-electron chi connectivity index (χ1n) is 19.1. The number of phenolic OH excluding ortho intramolecular Hbond substituents is 1. The average Bonchev–Trinajstić information content (AvgIpc) is 3.78. The van der Waals surface area contributed by atoms with Crippen LogP contribution in [0.2, 0.25) is 0 Å². The van der Waals surface area contributed by atoms with Gasteiger partial charge in [0.2, 0.25) is 17.7 Å². The molecule has 3 rings (SSSR count). The largest absolute Gasteiger partial charge is 0.508 e. The lowest BCUT2D eigenvalue weighted by atomic mass is 10.1. The Morgan fingerprint density at radius 2 is 1.41 bits per heavy atom. The van der Waals surface area contributed by atoms with Gasteiger partial charge in [0.15, 0.2) is 0 Å². The number of nitrogens with one attached hydrogen (secondary N) is 2. The van der Waals surface area contributed by atoms with Gasteiger partial charge in [-0.25, -0.2) is 4.79 Å². The summed E-state index contributed by atoms with van der Waals surface area (Å²) in [5.41, 5.74) is 0.642. The Morgan fingerprint density at radius 1 is 0.816 bits per heavy atom. The Balaban J connectivity index is 1.30. The van der Waals surface area contributed by atoms with E-state index < -0.39 is 24.0 Å². The second kappa shape index (κ2) is 23.1. The molecule has 274 valence electrons. The number of unbranched alkanes of at least 4 members (excludes halogenated alkanes) is 12. The van der Waals surface area contributed by atoms with Gasteiger partial charge in [-0.1, -0.05) is 89.0 Å². The summed E-state index contributed by atoms with van der Waals surface area (Å²) >= 11 is 0. The quantitative estimate of drug-likeness (QED) is 0.0762. The number of hydrogen-bond donors (Lipinski definition) is 4. The summed E-state index contributed by atoms with van der Waals surface area (Å²) in [6.07, 6.45) is 25.6. The smallest absolute Gasteiger partial charge is 0.326 e. The monoisotopic (exact) mass is 682 g/mol. The molecule has 3 amide bonds. The summed E-state index contributed by atoms with van der Waals surface area (Å²) in [4.78, 5) is 55.0. The summed E-state index contributed by atoms with van der Waals surface area (Å²) < 4.78 is 0. The summed E-state index contributed by atoms with van der Waals surface area (Å²) in [6, 6.07) is 4.09. The summed E-state index contributed by atoms with van der Waals surface area (Å²) in [5.74, 6) is -2.13. The first-order valence-corrected chi connectivity index (χ1v) is 19.1. The maximum atomic E-state index is 13.6. The van der Waals surface area contributed by atoms with Crippen molar-refractivity contribution in [2.45, 2.75) is 147 Å². The van der Waals surface area contributed by atoms with E-state index in [1.807, 2.05) is 0 Å². The van der Waals surface area contributed by atoms with Crippen molar-refractivity contribution in [3.63, 3.8) is 0 Å². The highest BCUT2D eigenvalue weighted by molar-refractivity contribution is 5.93. The summed E-state index contributed by atoms with van der Waals surface area (Å²) in [6.45, 7) is 4.21. The highest BCUT2D eigenvalue weighted by Crippen LogP contribution is 2.25. The van der Waals surface area contributed by atoms with Crippen LogP contribution in [0.25, 0.3) is 0 Å². The van der Waals surface area contributed by atoms with Gasteiger partial charge in [-0.3, -0.25) is 19.3 Å². The number of hydrogen-bond acceptors (Lipinski definition) is 6. The molecule has 0 saturated carbocycles. The number of nitrogens with zero attached hydrogens (tertiary/aromatic N) is 2. The van der Waals surface area contributed by atoms with Crippen LogP contribution in [-0.2, 0) is 25.6 Å². The number of carbonyl (C=O) groups excluding carboxylic acids is 3. The molecule has 2 saturated heterocycles. The Morgan fingerprint density at radius 3 is 2.06 bits per heavy atom. The molecular weight excluding hydrogens is 620 g/mol. The van der Waals surface area contributed by atoms with E-state index in [0.29, 0.717) is 18.5 Å². The van der Waals surface area contributed by atoms with Crippen molar-refractivity contribution in [3.8, 4) is 5.75 Å². The zero-order chi connectivity index (χ0) is 35.3. The number of allylic oxidation sites excluding steroid dienone is 2. The van der Waals surface area contributed by atoms with E-state index >= 15 is 0 Å². The number of amides is 3. The Hall–Kier alpha value is -3.40. The number of aliphatic carboxylic acids is 1. The Kier molecular flexibility index (Phi) is 18.9. The van der Waals surface area contributed by atoms with E-state index in [1.54, 1.807) is 17.0 Å². The lowest BCUT2D eigenvalue weighted by Gasteiger charge is -2.31. The van der Waals surface area contributed by atoms with Gasteiger partial charge in [0.25, 0.3) is 0 Å². The van der Waals surface area contributed by atoms with E-state index in [9.17, 15) is 29.4 Å². The first-order chi connectivity index (χ1) is 23.8. The number of likely N-dealkylation sites (tertiary alicyclic amines) is 2. The second-order valence-corrected chi connectivity index (χ2v) is 13.9. The molecule has 0 bridgehead atoms. The van der Waals surface area contributed by atoms with Crippen molar-refractivity contribution >= 4 is 23.7 Å². The molecule has 3 atom stereocenters. The third-order valence-electron chi connectivity index (χ3n) is 9.88. The van der Waals surface area contributed by atoms with Gasteiger partial charge in [-0.2, -0.15) is 0 Å². The number of aromatic hydroxyl groups is 1. The van der Waals surface area contributed by atoms with Crippen LogP contribution in [0.15, 0.2) is 36.4 Å². The average molecular weight is 683 g/mol. The van der Waals surface area contributed by atoms with Gasteiger partial charge in [-0.05, 0) is 88.6 Å². The Labute approximate surface area is 294 Å². The molecule has 1 aromatic carbocycles. The minimum absolute atomic E-state index is 0.00369. The molecule has 10 heteroatoms. The van der Waals surface area contributed by atoms with Crippen LogP contribution in [0.3, 0.4) is 0 Å². The molecule has 0 radical (unpaired) electrons. The molecule has 4 N–H and O–H groups in total. The van der Waals surface area contributed by atoms with E-state index in [4.69, 9.17) is 0 Å². The lowest BCUT2D eigenvalue weighted by molar-refractivity contribution is -0.143. The zero-order valence-electron chi connectivity index (χ0n) is 29.9. The van der Waals surface area contributed by atoms with Gasteiger partial charge in [0.05, 0.1) is 12.6 Å².